The fraction of sp³-hybridized carbons (Fsp3) is 0.636. The maximum absolute atomic E-state index is 14.2. The molecule has 2 amide bonds. The normalized spacial score (nSPS) is 19.4. The summed E-state index contributed by atoms with van der Waals surface area (Å²) < 4.78 is 20.1. The summed E-state index contributed by atoms with van der Waals surface area (Å²) in [6, 6.07) is 4.26. The number of hydrogen-bond donors (Lipinski definition) is 2. The predicted molar refractivity (Wildman–Crippen MR) is 108 cm³/mol. The van der Waals surface area contributed by atoms with Crippen molar-refractivity contribution < 1.29 is 18.7 Å². The van der Waals surface area contributed by atoms with Crippen molar-refractivity contribution in [2.75, 3.05) is 10.6 Å². The summed E-state index contributed by atoms with van der Waals surface area (Å²) >= 11 is 0. The van der Waals surface area contributed by atoms with Crippen LogP contribution in [-0.4, -0.2) is 24.0 Å². The van der Waals surface area contributed by atoms with Gasteiger partial charge in [0.25, 0.3) is 5.91 Å². The molecule has 2 fully saturated rings. The van der Waals surface area contributed by atoms with Gasteiger partial charge in [-0.15, -0.1) is 0 Å². The van der Waals surface area contributed by atoms with Crippen LogP contribution in [0.15, 0.2) is 18.2 Å². The van der Waals surface area contributed by atoms with Crippen LogP contribution in [0.4, 0.5) is 15.8 Å². The summed E-state index contributed by atoms with van der Waals surface area (Å²) in [7, 11) is 0. The number of carbonyl (C=O) groups is 2. The van der Waals surface area contributed by atoms with E-state index in [1.165, 1.54) is 18.2 Å². The van der Waals surface area contributed by atoms with Crippen LogP contribution in [0.25, 0.3) is 0 Å². The average Bonchev–Trinajstić information content (AvgIpc) is 3.22. The molecule has 28 heavy (non-hydrogen) atoms. The fourth-order valence-corrected chi connectivity index (χ4v) is 4.12. The maximum Gasteiger partial charge on any atom is 0.253 e. The Balaban J connectivity index is 1.61. The van der Waals surface area contributed by atoms with Crippen LogP contribution in [0.3, 0.4) is 0 Å². The Bertz CT molecular complexity index is 682. The Hall–Kier alpha value is -1.95. The molecule has 1 unspecified atom stereocenters. The summed E-state index contributed by atoms with van der Waals surface area (Å²) in [4.78, 5) is 25.0. The molecule has 6 heteroatoms. The van der Waals surface area contributed by atoms with Crippen LogP contribution < -0.4 is 10.6 Å². The van der Waals surface area contributed by atoms with Crippen LogP contribution in [0.5, 0.6) is 0 Å². The number of ether oxygens (including phenoxy) is 1. The minimum atomic E-state index is -0.520. The minimum Gasteiger partial charge on any atom is -0.365 e. The van der Waals surface area contributed by atoms with Gasteiger partial charge in [0.05, 0.1) is 11.8 Å². The van der Waals surface area contributed by atoms with Crippen molar-refractivity contribution in [1.29, 1.82) is 0 Å². The summed E-state index contributed by atoms with van der Waals surface area (Å²) in [5.41, 5.74) is 0.567. The van der Waals surface area contributed by atoms with Gasteiger partial charge >= 0.3 is 0 Å². The first-order valence-electron chi connectivity index (χ1n) is 10.6. The molecule has 1 aromatic carbocycles. The lowest BCUT2D eigenvalue weighted by molar-refractivity contribution is -0.131. The van der Waals surface area contributed by atoms with Gasteiger partial charge in [-0.2, -0.15) is 0 Å². The number of nitrogens with one attached hydrogen (secondary N) is 2. The molecule has 2 aliphatic carbocycles. The monoisotopic (exact) mass is 390 g/mol. The van der Waals surface area contributed by atoms with Crippen molar-refractivity contribution in [3.63, 3.8) is 0 Å². The third kappa shape index (κ3) is 5.53. The van der Waals surface area contributed by atoms with Gasteiger partial charge in [0.1, 0.15) is 11.9 Å². The zero-order chi connectivity index (χ0) is 19.9. The molecule has 0 aromatic heterocycles. The number of benzene rings is 1. The van der Waals surface area contributed by atoms with Crippen molar-refractivity contribution >= 4 is 23.2 Å². The molecule has 0 heterocycles. The highest BCUT2D eigenvalue weighted by atomic mass is 19.1. The van der Waals surface area contributed by atoms with E-state index in [4.69, 9.17) is 4.74 Å². The van der Waals surface area contributed by atoms with Crippen molar-refractivity contribution in [3.8, 4) is 0 Å². The third-order valence-electron chi connectivity index (χ3n) is 5.79. The minimum absolute atomic E-state index is 0.0596. The summed E-state index contributed by atoms with van der Waals surface area (Å²) in [6.45, 7) is 1.92. The number of anilines is 2. The molecule has 0 bridgehead atoms. The fourth-order valence-electron chi connectivity index (χ4n) is 4.12. The molecule has 0 spiro atoms. The van der Waals surface area contributed by atoms with Crippen molar-refractivity contribution in [3.05, 3.63) is 24.0 Å². The first kappa shape index (κ1) is 20.8. The largest absolute Gasteiger partial charge is 0.365 e. The SMILES string of the molecule is CCC(OC1CCCC1)C(=O)Nc1ccc(F)c(NC(=O)C2CCCCC2)c1. The third-order valence-corrected chi connectivity index (χ3v) is 5.79. The number of halogens is 1. The van der Waals surface area contributed by atoms with E-state index in [-0.39, 0.29) is 29.5 Å². The lowest BCUT2D eigenvalue weighted by Gasteiger charge is -2.22. The van der Waals surface area contributed by atoms with Crippen LogP contribution >= 0.6 is 0 Å². The molecule has 2 aliphatic rings. The van der Waals surface area contributed by atoms with E-state index in [9.17, 15) is 14.0 Å². The van der Waals surface area contributed by atoms with Crippen molar-refractivity contribution in [2.45, 2.75) is 83.3 Å². The number of amides is 2. The van der Waals surface area contributed by atoms with E-state index in [0.29, 0.717) is 12.1 Å². The number of carbonyl (C=O) groups excluding carboxylic acids is 2. The van der Waals surface area contributed by atoms with Crippen molar-refractivity contribution in [1.82, 2.24) is 0 Å². The Labute approximate surface area is 166 Å². The van der Waals surface area contributed by atoms with Gasteiger partial charge in [-0.3, -0.25) is 9.59 Å². The Kier molecular flexibility index (Phi) is 7.43. The highest BCUT2D eigenvalue weighted by Gasteiger charge is 2.25. The predicted octanol–water partition coefficient (Wildman–Crippen LogP) is 5.02. The summed E-state index contributed by atoms with van der Waals surface area (Å²) in [6.07, 6.45) is 9.41. The molecule has 3 rings (SSSR count). The molecule has 2 saturated carbocycles. The molecule has 0 aliphatic heterocycles. The first-order valence-corrected chi connectivity index (χ1v) is 10.6. The first-order chi connectivity index (χ1) is 13.6. The smallest absolute Gasteiger partial charge is 0.253 e. The Morgan fingerprint density at radius 1 is 1.07 bits per heavy atom. The van der Waals surface area contributed by atoms with Gasteiger partial charge in [0.2, 0.25) is 5.91 Å². The molecule has 154 valence electrons. The maximum atomic E-state index is 14.2. The van der Waals surface area contributed by atoms with Gasteiger partial charge < -0.3 is 15.4 Å². The van der Waals surface area contributed by atoms with Gasteiger partial charge in [-0.05, 0) is 50.3 Å². The molecule has 5 nitrogen and oxygen atoms in total. The van der Waals surface area contributed by atoms with Crippen LogP contribution in [0.1, 0.15) is 71.1 Å². The standard InChI is InChI=1S/C22H31FN2O3/c1-2-20(28-17-10-6-7-11-17)22(27)24-16-12-13-18(23)19(14-16)25-21(26)15-8-4-3-5-9-15/h12-15,17,20H,2-11H2,1H3,(H,24,27)(H,25,26). The van der Waals surface area contributed by atoms with Gasteiger partial charge in [-0.1, -0.05) is 39.0 Å². The van der Waals surface area contributed by atoms with E-state index >= 15 is 0 Å². The summed E-state index contributed by atoms with van der Waals surface area (Å²) in [5, 5.41) is 5.50. The number of rotatable bonds is 7. The molecule has 0 radical (unpaired) electrons. The van der Waals surface area contributed by atoms with E-state index in [1.807, 2.05) is 6.92 Å². The highest BCUT2D eigenvalue weighted by Crippen LogP contribution is 2.27. The molecule has 1 atom stereocenters. The second-order valence-corrected chi connectivity index (χ2v) is 7.95. The van der Waals surface area contributed by atoms with Crippen LogP contribution in [0.2, 0.25) is 0 Å². The second-order valence-electron chi connectivity index (χ2n) is 7.95. The molecular formula is C22H31FN2O3. The van der Waals surface area contributed by atoms with Crippen LogP contribution in [-0.2, 0) is 14.3 Å². The zero-order valence-corrected chi connectivity index (χ0v) is 16.6. The van der Waals surface area contributed by atoms with E-state index < -0.39 is 11.9 Å². The van der Waals surface area contributed by atoms with E-state index in [2.05, 4.69) is 10.6 Å². The van der Waals surface area contributed by atoms with Gasteiger partial charge in [0.15, 0.2) is 0 Å². The zero-order valence-electron chi connectivity index (χ0n) is 16.6. The number of hydrogen-bond acceptors (Lipinski definition) is 3. The van der Waals surface area contributed by atoms with E-state index in [0.717, 1.165) is 57.8 Å². The van der Waals surface area contributed by atoms with Crippen molar-refractivity contribution in [2.24, 2.45) is 5.92 Å². The second kappa shape index (κ2) is 10.0. The average molecular weight is 390 g/mol. The molecule has 2 N–H and O–H groups in total. The molecule has 0 saturated heterocycles. The Morgan fingerprint density at radius 3 is 2.43 bits per heavy atom. The molecular weight excluding hydrogens is 359 g/mol. The summed E-state index contributed by atoms with van der Waals surface area (Å²) in [5.74, 6) is -0.935. The van der Waals surface area contributed by atoms with Gasteiger partial charge in [0, 0.05) is 11.6 Å². The topological polar surface area (TPSA) is 67.4 Å². The lowest BCUT2D eigenvalue weighted by Crippen LogP contribution is -2.33. The Morgan fingerprint density at radius 2 is 1.75 bits per heavy atom. The molecule has 1 aromatic rings. The van der Waals surface area contributed by atoms with E-state index in [1.54, 1.807) is 0 Å². The highest BCUT2D eigenvalue weighted by molar-refractivity contribution is 5.96. The van der Waals surface area contributed by atoms with Crippen LogP contribution in [0, 0.1) is 11.7 Å². The lowest BCUT2D eigenvalue weighted by atomic mass is 9.88. The quantitative estimate of drug-likeness (QED) is 0.687. The van der Waals surface area contributed by atoms with Gasteiger partial charge in [-0.25, -0.2) is 4.39 Å².